The molecule has 37 heavy (non-hydrogen) atoms. The molecule has 1 aliphatic rings. The third-order valence-corrected chi connectivity index (χ3v) is 7.54. The number of benzene rings is 3. The first-order valence-corrected chi connectivity index (χ1v) is 13.0. The zero-order valence-corrected chi connectivity index (χ0v) is 21.6. The maximum atomic E-state index is 15.2. The first-order chi connectivity index (χ1) is 18.1. The number of hydrogen-bond acceptors (Lipinski definition) is 3. The zero-order valence-electron chi connectivity index (χ0n) is 21.6. The topological polar surface area (TPSA) is 37.7 Å². The number of methoxy groups -OCH3 is 1. The molecule has 0 bridgehead atoms. The lowest BCUT2D eigenvalue weighted by Crippen LogP contribution is -2.48. The number of carbonyl (C=O) groups is 1. The van der Waals surface area contributed by atoms with Crippen LogP contribution in [0.5, 0.6) is 5.75 Å². The van der Waals surface area contributed by atoms with Crippen LogP contribution >= 0.6 is 0 Å². The summed E-state index contributed by atoms with van der Waals surface area (Å²) in [5.41, 5.74) is 3.75. The number of piperazine rings is 1. The highest BCUT2D eigenvalue weighted by Gasteiger charge is 2.28. The van der Waals surface area contributed by atoms with Crippen LogP contribution in [0, 0.1) is 5.82 Å². The van der Waals surface area contributed by atoms with E-state index in [-0.39, 0.29) is 24.1 Å². The van der Waals surface area contributed by atoms with Gasteiger partial charge in [-0.15, -0.1) is 0 Å². The lowest BCUT2D eigenvalue weighted by Gasteiger charge is -2.35. The molecule has 0 unspecified atom stereocenters. The summed E-state index contributed by atoms with van der Waals surface area (Å²) in [4.78, 5) is 17.8. The van der Waals surface area contributed by atoms with Crippen LogP contribution in [0.3, 0.4) is 0 Å². The molecule has 192 valence electrons. The van der Waals surface area contributed by atoms with E-state index in [1.807, 2.05) is 41.3 Å². The third-order valence-electron chi connectivity index (χ3n) is 7.54. The van der Waals surface area contributed by atoms with Crippen molar-refractivity contribution in [2.75, 3.05) is 39.8 Å². The van der Waals surface area contributed by atoms with Gasteiger partial charge in [-0.3, -0.25) is 4.79 Å². The second-order valence-electron chi connectivity index (χ2n) is 9.67. The number of hydrogen-bond donors (Lipinski definition) is 0. The molecular weight excluding hydrogens is 465 g/mol. The minimum atomic E-state index is -0.375. The number of carbonyl (C=O) groups excluding carboxylic acids is 1. The van der Waals surface area contributed by atoms with Crippen molar-refractivity contribution in [3.8, 4) is 5.75 Å². The molecule has 1 aliphatic heterocycles. The van der Waals surface area contributed by atoms with Gasteiger partial charge < -0.3 is 19.1 Å². The lowest BCUT2D eigenvalue weighted by molar-refractivity contribution is -0.133. The van der Waals surface area contributed by atoms with Crippen LogP contribution in [0.1, 0.15) is 36.0 Å². The van der Waals surface area contributed by atoms with Gasteiger partial charge in [0.1, 0.15) is 11.6 Å². The van der Waals surface area contributed by atoms with Gasteiger partial charge in [-0.05, 0) is 47.5 Å². The van der Waals surface area contributed by atoms with Gasteiger partial charge in [-0.1, -0.05) is 55.5 Å². The van der Waals surface area contributed by atoms with Gasteiger partial charge >= 0.3 is 0 Å². The summed E-state index contributed by atoms with van der Waals surface area (Å²) in [5, 5.41) is 1.05. The van der Waals surface area contributed by atoms with Crippen molar-refractivity contribution in [1.82, 2.24) is 14.4 Å². The first kappa shape index (κ1) is 25.0. The highest BCUT2D eigenvalue weighted by molar-refractivity contribution is 5.87. The Hall–Kier alpha value is -3.64. The predicted octanol–water partition coefficient (Wildman–Crippen LogP) is 5.52. The fraction of sp³-hybridized carbons (Fsp3) is 0.323. The second-order valence-corrected chi connectivity index (χ2v) is 9.67. The molecular formula is C31H34FN3O2. The summed E-state index contributed by atoms with van der Waals surface area (Å²) in [6, 6.07) is 23.1. The number of rotatable bonds is 8. The van der Waals surface area contributed by atoms with E-state index in [9.17, 15) is 4.79 Å². The highest BCUT2D eigenvalue weighted by atomic mass is 19.1. The van der Waals surface area contributed by atoms with Crippen molar-refractivity contribution in [2.45, 2.75) is 25.8 Å². The molecule has 1 fully saturated rings. The molecule has 5 nitrogen and oxygen atoms in total. The Balaban J connectivity index is 1.51. The zero-order chi connectivity index (χ0) is 25.8. The van der Waals surface area contributed by atoms with Crippen LogP contribution in [-0.4, -0.2) is 60.1 Å². The Labute approximate surface area is 218 Å². The van der Waals surface area contributed by atoms with Gasteiger partial charge in [-0.2, -0.15) is 0 Å². The van der Waals surface area contributed by atoms with Gasteiger partial charge in [0.25, 0.3) is 0 Å². The van der Waals surface area contributed by atoms with Crippen LogP contribution in [0.25, 0.3) is 10.9 Å². The minimum absolute atomic E-state index is 0.0796. The van der Waals surface area contributed by atoms with Crippen molar-refractivity contribution >= 4 is 16.8 Å². The fourth-order valence-corrected chi connectivity index (χ4v) is 5.37. The van der Waals surface area contributed by atoms with E-state index >= 15 is 4.39 Å². The van der Waals surface area contributed by atoms with Crippen LogP contribution in [-0.2, 0) is 11.3 Å². The average Bonchev–Trinajstić information content (AvgIpc) is 3.30. The molecule has 0 radical (unpaired) electrons. The summed E-state index contributed by atoms with van der Waals surface area (Å²) < 4.78 is 22.7. The van der Waals surface area contributed by atoms with Crippen molar-refractivity contribution < 1.29 is 13.9 Å². The molecule has 0 saturated carbocycles. The van der Waals surface area contributed by atoms with Crippen molar-refractivity contribution in [1.29, 1.82) is 0 Å². The van der Waals surface area contributed by atoms with Crippen LogP contribution < -0.4 is 4.74 Å². The Morgan fingerprint density at radius 1 is 0.919 bits per heavy atom. The smallest absolute Gasteiger partial charge is 0.223 e. The van der Waals surface area contributed by atoms with Crippen LogP contribution in [0.15, 0.2) is 79.0 Å². The molecule has 4 aromatic rings. The molecule has 1 amide bonds. The predicted molar refractivity (Wildman–Crippen MR) is 146 cm³/mol. The molecule has 0 aliphatic carbocycles. The number of aromatic nitrogens is 1. The number of nitrogens with zero attached hydrogens (tertiary/aromatic N) is 3. The largest absolute Gasteiger partial charge is 0.497 e. The number of ether oxygens (including phenoxy) is 1. The Kier molecular flexibility index (Phi) is 7.56. The molecule has 5 rings (SSSR count). The van der Waals surface area contributed by atoms with E-state index < -0.39 is 0 Å². The number of likely N-dealkylation sites (N-methyl/N-ethyl adjacent to an activating group) is 1. The maximum Gasteiger partial charge on any atom is 0.223 e. The summed E-state index contributed by atoms with van der Waals surface area (Å²) >= 11 is 0. The molecule has 1 atom stereocenters. The van der Waals surface area contributed by atoms with E-state index in [0.717, 1.165) is 60.5 Å². The maximum absolute atomic E-state index is 15.2. The summed E-state index contributed by atoms with van der Waals surface area (Å²) in [6.07, 6.45) is 2.35. The van der Waals surface area contributed by atoms with Crippen molar-refractivity contribution in [3.63, 3.8) is 0 Å². The minimum Gasteiger partial charge on any atom is -0.497 e. The second kappa shape index (κ2) is 11.2. The van der Waals surface area contributed by atoms with Gasteiger partial charge in [0.2, 0.25) is 5.91 Å². The highest BCUT2D eigenvalue weighted by Crippen LogP contribution is 2.36. The van der Waals surface area contributed by atoms with Gasteiger partial charge in [0.05, 0.1) is 7.11 Å². The monoisotopic (exact) mass is 499 g/mol. The van der Waals surface area contributed by atoms with E-state index in [0.29, 0.717) is 12.1 Å². The molecule has 0 N–H and O–H groups in total. The SMILES string of the molecule is CCN1CCN(C(=O)C[C@@H](c2ccccc2F)c2cn(Cc3ccc(OC)cc3)c3ccccc23)CC1. The Bertz CT molecular complexity index is 1360. The normalized spacial score (nSPS) is 15.2. The van der Waals surface area contributed by atoms with Gasteiger partial charge in [0.15, 0.2) is 0 Å². The molecule has 1 aromatic heterocycles. The average molecular weight is 500 g/mol. The Morgan fingerprint density at radius 2 is 1.62 bits per heavy atom. The van der Waals surface area contributed by atoms with Crippen molar-refractivity contribution in [2.24, 2.45) is 0 Å². The summed E-state index contributed by atoms with van der Waals surface area (Å²) in [7, 11) is 1.66. The van der Waals surface area contributed by atoms with E-state index in [2.05, 4.69) is 46.9 Å². The van der Waals surface area contributed by atoms with Crippen molar-refractivity contribution in [3.05, 3.63) is 102 Å². The summed E-state index contributed by atoms with van der Waals surface area (Å²) in [6.45, 7) is 7.01. The fourth-order valence-electron chi connectivity index (χ4n) is 5.37. The van der Waals surface area contributed by atoms with Crippen LogP contribution in [0.2, 0.25) is 0 Å². The molecule has 1 saturated heterocycles. The van der Waals surface area contributed by atoms with Gasteiger partial charge in [-0.25, -0.2) is 4.39 Å². The third kappa shape index (κ3) is 5.39. The Morgan fingerprint density at radius 3 is 2.32 bits per heavy atom. The van der Waals surface area contributed by atoms with E-state index in [1.54, 1.807) is 13.2 Å². The number of fused-ring (bicyclic) bond motifs is 1. The number of halogens is 1. The number of para-hydroxylation sites is 1. The molecule has 6 heteroatoms. The number of amides is 1. The first-order valence-electron chi connectivity index (χ1n) is 13.0. The quantitative estimate of drug-likeness (QED) is 0.320. The van der Waals surface area contributed by atoms with Crippen LogP contribution in [0.4, 0.5) is 4.39 Å². The molecule has 0 spiro atoms. The van der Waals surface area contributed by atoms with E-state index in [1.165, 1.54) is 6.07 Å². The summed E-state index contributed by atoms with van der Waals surface area (Å²) in [5.74, 6) is 0.249. The lowest BCUT2D eigenvalue weighted by atomic mass is 9.87. The van der Waals surface area contributed by atoms with Gasteiger partial charge in [0, 0.05) is 62.2 Å². The standard InChI is InChI=1S/C31H34FN3O2/c1-3-33-16-18-34(19-17-33)31(36)20-27(25-8-4-6-10-29(25)32)28-22-35(30-11-7-5-9-26(28)30)21-23-12-14-24(37-2)15-13-23/h4-15,22,27H,3,16-21H2,1-2H3/t27-/m0/s1. The van der Waals surface area contributed by atoms with E-state index in [4.69, 9.17) is 4.74 Å². The molecule has 2 heterocycles. The molecule has 3 aromatic carbocycles.